The molecule has 7 nitrogen and oxygen atoms in total. The van der Waals surface area contributed by atoms with E-state index in [0.29, 0.717) is 6.54 Å². The van der Waals surface area contributed by atoms with Crippen molar-refractivity contribution in [2.75, 3.05) is 6.54 Å². The first kappa shape index (κ1) is 13.4. The zero-order valence-corrected chi connectivity index (χ0v) is 12.1. The van der Waals surface area contributed by atoms with E-state index in [1.54, 1.807) is 12.4 Å². The summed E-state index contributed by atoms with van der Waals surface area (Å²) in [6.45, 7) is 0.490. The van der Waals surface area contributed by atoms with Gasteiger partial charge in [-0.2, -0.15) is 0 Å². The maximum absolute atomic E-state index is 12.2. The van der Waals surface area contributed by atoms with E-state index >= 15 is 0 Å². The Labute approximate surface area is 131 Å². The smallest absolute Gasteiger partial charge is 0.260 e. The highest BCUT2D eigenvalue weighted by molar-refractivity contribution is 6.11. The Morgan fingerprint density at radius 2 is 2.13 bits per heavy atom. The van der Waals surface area contributed by atoms with E-state index in [1.165, 1.54) is 12.3 Å². The predicted molar refractivity (Wildman–Crippen MR) is 86.2 cm³/mol. The molecule has 7 heteroatoms. The Morgan fingerprint density at radius 1 is 1.26 bits per heavy atom. The second kappa shape index (κ2) is 5.20. The number of nitrogens with zero attached hydrogens (tertiary/aromatic N) is 3. The van der Waals surface area contributed by atoms with Gasteiger partial charge in [0, 0.05) is 11.8 Å². The van der Waals surface area contributed by atoms with Crippen molar-refractivity contribution in [3.8, 4) is 0 Å². The summed E-state index contributed by atoms with van der Waals surface area (Å²) in [6, 6.07) is 10.8. The molecule has 0 aliphatic carbocycles. The molecule has 1 atom stereocenters. The first-order valence-corrected chi connectivity index (χ1v) is 7.19. The van der Waals surface area contributed by atoms with Gasteiger partial charge in [-0.15, -0.1) is 0 Å². The molecule has 1 unspecified atom stereocenters. The molecule has 0 saturated carbocycles. The molecule has 2 aliphatic rings. The molecule has 23 heavy (non-hydrogen) atoms. The van der Waals surface area contributed by atoms with E-state index < -0.39 is 17.6 Å². The molecule has 4 rings (SSSR count). The molecule has 1 aromatic carbocycles. The summed E-state index contributed by atoms with van der Waals surface area (Å²) < 4.78 is 0. The summed E-state index contributed by atoms with van der Waals surface area (Å²) in [5.41, 5.74) is 1.45. The third-order valence-corrected chi connectivity index (χ3v) is 3.76. The lowest BCUT2D eigenvalue weighted by Crippen LogP contribution is -2.40. The van der Waals surface area contributed by atoms with Crippen LogP contribution in [0.25, 0.3) is 0 Å². The number of carbonyl (C=O) groups excluding carboxylic acids is 1. The highest BCUT2D eigenvalue weighted by Gasteiger charge is 2.30. The van der Waals surface area contributed by atoms with Crippen molar-refractivity contribution in [3.63, 3.8) is 0 Å². The molecular formula is C16H13N5O2. The maximum Gasteiger partial charge on any atom is 0.260 e. The highest BCUT2D eigenvalue weighted by Crippen LogP contribution is 2.26. The summed E-state index contributed by atoms with van der Waals surface area (Å²) in [5.74, 6) is 0.342. The van der Waals surface area contributed by atoms with Crippen molar-refractivity contribution in [2.45, 2.75) is 6.17 Å². The Bertz CT molecular complexity index is 899. The lowest BCUT2D eigenvalue weighted by Gasteiger charge is -2.20. The van der Waals surface area contributed by atoms with Crippen LogP contribution in [0.3, 0.4) is 0 Å². The van der Waals surface area contributed by atoms with Crippen LogP contribution in [0.5, 0.6) is 0 Å². The van der Waals surface area contributed by atoms with Gasteiger partial charge in [0.05, 0.1) is 18.6 Å². The lowest BCUT2D eigenvalue weighted by atomic mass is 10.1. The lowest BCUT2D eigenvalue weighted by molar-refractivity contribution is 0.0937. The van der Waals surface area contributed by atoms with Crippen molar-refractivity contribution in [1.82, 2.24) is 15.2 Å². The number of H-pyrrole nitrogens is 1. The molecule has 114 valence electrons. The second-order valence-electron chi connectivity index (χ2n) is 5.27. The number of aromatic nitrogens is 1. The number of hydrogen-bond donors (Lipinski definition) is 2. The van der Waals surface area contributed by atoms with Crippen molar-refractivity contribution in [3.05, 3.63) is 64.1 Å². The molecule has 1 aromatic heterocycles. The molecule has 0 saturated heterocycles. The Morgan fingerprint density at radius 3 is 3.00 bits per heavy atom. The molecule has 3 heterocycles. The van der Waals surface area contributed by atoms with Gasteiger partial charge in [-0.25, -0.2) is 9.98 Å². The van der Waals surface area contributed by atoms with Gasteiger partial charge in [0.1, 0.15) is 17.6 Å². The summed E-state index contributed by atoms with van der Waals surface area (Å²) in [7, 11) is 0. The van der Waals surface area contributed by atoms with Gasteiger partial charge in [-0.3, -0.25) is 9.59 Å². The van der Waals surface area contributed by atoms with Gasteiger partial charge >= 0.3 is 0 Å². The summed E-state index contributed by atoms with van der Waals surface area (Å²) in [6.07, 6.45) is 2.78. The molecule has 0 bridgehead atoms. The van der Waals surface area contributed by atoms with Crippen molar-refractivity contribution in [1.29, 1.82) is 0 Å². The second-order valence-corrected chi connectivity index (χ2v) is 5.27. The van der Waals surface area contributed by atoms with Crippen molar-refractivity contribution < 1.29 is 4.79 Å². The molecular weight excluding hydrogens is 294 g/mol. The van der Waals surface area contributed by atoms with E-state index in [9.17, 15) is 9.59 Å². The van der Waals surface area contributed by atoms with Gasteiger partial charge in [-0.05, 0) is 24.3 Å². The molecule has 0 radical (unpaired) electrons. The standard InChI is InChI=1S/C16H13N5O2/c22-15-11(5-3-7-17-15)16(23)20-13-8-21-9-18-12-6-2-1-4-10(12)14(21)19-13/h1-7,9,13H,8H2,(H,17,22)(H,20,23). The Balaban J connectivity index is 1.59. The topological polar surface area (TPSA) is 89.9 Å². The molecule has 0 spiro atoms. The highest BCUT2D eigenvalue weighted by atomic mass is 16.2. The average Bonchev–Trinajstić information content (AvgIpc) is 2.98. The van der Waals surface area contributed by atoms with Gasteiger partial charge in [0.2, 0.25) is 0 Å². The van der Waals surface area contributed by atoms with Crippen LogP contribution in [0.4, 0.5) is 5.69 Å². The number of rotatable bonds is 2. The number of amides is 1. The molecule has 2 aliphatic heterocycles. The number of pyridine rings is 1. The zero-order valence-electron chi connectivity index (χ0n) is 12.1. The SMILES string of the molecule is O=C(NC1CN2C=Nc3ccccc3C2=N1)c1ccc[nH]c1=O. The van der Waals surface area contributed by atoms with Gasteiger partial charge in [0.15, 0.2) is 0 Å². The molecule has 1 amide bonds. The Kier molecular flexibility index (Phi) is 3.04. The number of amidine groups is 1. The largest absolute Gasteiger partial charge is 0.328 e. The monoisotopic (exact) mass is 307 g/mol. The summed E-state index contributed by atoms with van der Waals surface area (Å²) in [4.78, 5) is 37.2. The minimum absolute atomic E-state index is 0.0756. The van der Waals surface area contributed by atoms with Gasteiger partial charge in [0.25, 0.3) is 11.5 Å². The quantitative estimate of drug-likeness (QED) is 0.862. The van der Waals surface area contributed by atoms with E-state index in [0.717, 1.165) is 17.1 Å². The number of hydrogen-bond acceptors (Lipinski definition) is 5. The van der Waals surface area contributed by atoms with Crippen molar-refractivity contribution in [2.24, 2.45) is 9.98 Å². The normalized spacial score (nSPS) is 18.2. The number of para-hydroxylation sites is 1. The minimum atomic E-state index is -0.439. The third kappa shape index (κ3) is 2.32. The predicted octanol–water partition coefficient (Wildman–Crippen LogP) is 0.867. The van der Waals surface area contributed by atoms with Crippen LogP contribution in [-0.4, -0.2) is 40.7 Å². The van der Waals surface area contributed by atoms with E-state index in [1.807, 2.05) is 29.2 Å². The van der Waals surface area contributed by atoms with Crippen LogP contribution in [0, 0.1) is 0 Å². The zero-order chi connectivity index (χ0) is 15.8. The van der Waals surface area contributed by atoms with E-state index in [-0.39, 0.29) is 5.56 Å². The summed E-state index contributed by atoms with van der Waals surface area (Å²) in [5, 5.41) is 2.77. The maximum atomic E-state index is 12.2. The number of fused-ring (bicyclic) bond motifs is 3. The first-order valence-electron chi connectivity index (χ1n) is 7.19. The van der Waals surface area contributed by atoms with E-state index in [2.05, 4.69) is 20.3 Å². The minimum Gasteiger partial charge on any atom is -0.328 e. The Hall–Kier alpha value is -3.22. The average molecular weight is 307 g/mol. The fourth-order valence-electron chi connectivity index (χ4n) is 2.68. The number of aromatic amines is 1. The molecule has 2 N–H and O–H groups in total. The number of aliphatic imine (C=N–C) groups is 2. The fraction of sp³-hybridized carbons (Fsp3) is 0.125. The van der Waals surface area contributed by atoms with Crippen LogP contribution in [0.1, 0.15) is 15.9 Å². The van der Waals surface area contributed by atoms with Gasteiger partial charge in [-0.1, -0.05) is 12.1 Å². The molecule has 2 aromatic rings. The van der Waals surface area contributed by atoms with E-state index in [4.69, 9.17) is 0 Å². The summed E-state index contributed by atoms with van der Waals surface area (Å²) >= 11 is 0. The van der Waals surface area contributed by atoms with Crippen LogP contribution in [-0.2, 0) is 0 Å². The van der Waals surface area contributed by atoms with Crippen molar-refractivity contribution >= 4 is 23.8 Å². The number of benzene rings is 1. The molecule has 0 fully saturated rings. The number of carbonyl (C=O) groups is 1. The first-order chi connectivity index (χ1) is 11.2. The van der Waals surface area contributed by atoms with Crippen LogP contribution < -0.4 is 10.9 Å². The fourth-order valence-corrected chi connectivity index (χ4v) is 2.68. The number of nitrogens with one attached hydrogen (secondary N) is 2. The van der Waals surface area contributed by atoms with Crippen LogP contribution in [0.15, 0.2) is 57.4 Å². The van der Waals surface area contributed by atoms with Gasteiger partial charge < -0.3 is 15.2 Å². The van der Waals surface area contributed by atoms with Crippen LogP contribution >= 0.6 is 0 Å². The third-order valence-electron chi connectivity index (χ3n) is 3.76. The van der Waals surface area contributed by atoms with Crippen LogP contribution in [0.2, 0.25) is 0 Å².